The molecule has 1 saturated heterocycles. The van der Waals surface area contributed by atoms with Crippen molar-refractivity contribution in [3.8, 4) is 0 Å². The normalized spacial score (nSPS) is 16.9. The molecule has 1 N–H and O–H groups in total. The summed E-state index contributed by atoms with van der Waals surface area (Å²) in [5.74, 6) is 0.173. The highest BCUT2D eigenvalue weighted by atomic mass is 32.2. The van der Waals surface area contributed by atoms with E-state index >= 15 is 0 Å². The van der Waals surface area contributed by atoms with Gasteiger partial charge in [-0.1, -0.05) is 36.4 Å². The molecule has 0 unspecified atom stereocenters. The summed E-state index contributed by atoms with van der Waals surface area (Å²) in [5, 5.41) is 0. The number of piperazine rings is 1. The van der Waals surface area contributed by atoms with Crippen LogP contribution in [0.5, 0.6) is 0 Å². The van der Waals surface area contributed by atoms with Gasteiger partial charge in [0.05, 0.1) is 4.90 Å². The van der Waals surface area contributed by atoms with E-state index < -0.39 is 10.0 Å². The topological polar surface area (TPSA) is 86.8 Å². The Hall–Kier alpha value is -2.71. The fraction of sp³-hybridized carbons (Fsp3) is 0.391. The van der Waals surface area contributed by atoms with E-state index in [-0.39, 0.29) is 29.2 Å². The van der Waals surface area contributed by atoms with Crippen LogP contribution in [0.1, 0.15) is 34.3 Å². The molecule has 0 aromatic heterocycles. The molecule has 2 aromatic carbocycles. The fourth-order valence-corrected chi connectivity index (χ4v) is 4.79. The molecule has 2 aromatic rings. The number of hydrogen-bond acceptors (Lipinski definition) is 4. The van der Waals surface area contributed by atoms with Gasteiger partial charge in [-0.15, -0.1) is 0 Å². The lowest BCUT2D eigenvalue weighted by Gasteiger charge is -2.35. The zero-order valence-corrected chi connectivity index (χ0v) is 18.4. The van der Waals surface area contributed by atoms with Crippen LogP contribution in [0.2, 0.25) is 0 Å². The molecule has 2 fully saturated rings. The summed E-state index contributed by atoms with van der Waals surface area (Å²) in [7, 11) is -3.76. The minimum Gasteiger partial charge on any atom is -0.339 e. The summed E-state index contributed by atoms with van der Waals surface area (Å²) in [5.41, 5.74) is 1.96. The van der Waals surface area contributed by atoms with E-state index in [2.05, 4.69) is 4.72 Å². The third-order valence-corrected chi connectivity index (χ3v) is 7.26. The van der Waals surface area contributed by atoms with Gasteiger partial charge < -0.3 is 9.80 Å². The highest BCUT2D eigenvalue weighted by Gasteiger charge is 2.35. The van der Waals surface area contributed by atoms with Crippen molar-refractivity contribution in [2.45, 2.75) is 31.2 Å². The molecule has 1 heterocycles. The minimum absolute atomic E-state index is 0.0694. The molecule has 7 nitrogen and oxygen atoms in total. The summed E-state index contributed by atoms with van der Waals surface area (Å²) >= 11 is 0. The molecule has 0 atom stereocenters. The summed E-state index contributed by atoms with van der Waals surface area (Å²) < 4.78 is 28.1. The lowest BCUT2D eigenvalue weighted by atomic mass is 10.1. The van der Waals surface area contributed by atoms with Crippen molar-refractivity contribution in [2.24, 2.45) is 5.92 Å². The van der Waals surface area contributed by atoms with Crippen LogP contribution in [0.3, 0.4) is 0 Å². The molecule has 0 radical (unpaired) electrons. The van der Waals surface area contributed by atoms with Gasteiger partial charge in [-0.25, -0.2) is 13.1 Å². The molecule has 1 aliphatic heterocycles. The van der Waals surface area contributed by atoms with Crippen LogP contribution in [0, 0.1) is 12.8 Å². The monoisotopic (exact) mass is 441 g/mol. The van der Waals surface area contributed by atoms with E-state index in [0.717, 1.165) is 24.0 Å². The molecule has 8 heteroatoms. The second kappa shape index (κ2) is 8.80. The van der Waals surface area contributed by atoms with Crippen LogP contribution < -0.4 is 4.72 Å². The Morgan fingerprint density at radius 2 is 1.61 bits per heavy atom. The lowest BCUT2D eigenvalue weighted by Crippen LogP contribution is -2.51. The van der Waals surface area contributed by atoms with Crippen molar-refractivity contribution in [3.63, 3.8) is 0 Å². The molecule has 0 bridgehead atoms. The zero-order chi connectivity index (χ0) is 22.0. The van der Waals surface area contributed by atoms with Gasteiger partial charge in [0, 0.05) is 44.2 Å². The predicted octanol–water partition coefficient (Wildman–Crippen LogP) is 2.17. The number of carbonyl (C=O) groups is 2. The van der Waals surface area contributed by atoms with Gasteiger partial charge in [0.2, 0.25) is 15.9 Å². The van der Waals surface area contributed by atoms with Gasteiger partial charge in [0.25, 0.3) is 5.91 Å². The van der Waals surface area contributed by atoms with Gasteiger partial charge in [0.15, 0.2) is 0 Å². The van der Waals surface area contributed by atoms with Gasteiger partial charge >= 0.3 is 0 Å². The smallest absolute Gasteiger partial charge is 0.254 e. The molecule has 0 spiro atoms. The number of carbonyl (C=O) groups excluding carboxylic acids is 2. The SMILES string of the molecule is Cc1ccc(S(=O)(=O)NCc2ccccc2)cc1C(=O)N1CCN(C(=O)C2CC2)CC1. The first kappa shape index (κ1) is 21.5. The van der Waals surface area contributed by atoms with E-state index in [1.54, 1.807) is 17.9 Å². The number of hydrogen-bond donors (Lipinski definition) is 1. The molecule has 2 amide bonds. The van der Waals surface area contributed by atoms with E-state index in [1.807, 2.05) is 35.2 Å². The van der Waals surface area contributed by atoms with E-state index in [4.69, 9.17) is 0 Å². The number of benzene rings is 2. The Balaban J connectivity index is 1.44. The highest BCUT2D eigenvalue weighted by molar-refractivity contribution is 7.89. The van der Waals surface area contributed by atoms with Crippen molar-refractivity contribution >= 4 is 21.8 Å². The van der Waals surface area contributed by atoms with Crippen LogP contribution in [0.25, 0.3) is 0 Å². The molecular formula is C23H27N3O4S. The third kappa shape index (κ3) is 4.97. The first-order valence-corrected chi connectivity index (χ1v) is 12.1. The van der Waals surface area contributed by atoms with Crippen molar-refractivity contribution in [2.75, 3.05) is 26.2 Å². The second-order valence-corrected chi connectivity index (χ2v) is 9.95. The third-order valence-electron chi connectivity index (χ3n) is 5.86. The summed E-state index contributed by atoms with van der Waals surface area (Å²) in [6.07, 6.45) is 1.94. The zero-order valence-electron chi connectivity index (χ0n) is 17.6. The Morgan fingerprint density at radius 3 is 2.26 bits per heavy atom. The molecule has 1 saturated carbocycles. The quantitative estimate of drug-likeness (QED) is 0.744. The lowest BCUT2D eigenvalue weighted by molar-refractivity contribution is -0.134. The Bertz CT molecular complexity index is 1070. The van der Waals surface area contributed by atoms with Crippen LogP contribution in [0.4, 0.5) is 0 Å². The summed E-state index contributed by atoms with van der Waals surface area (Å²) in [6.45, 7) is 3.94. The van der Waals surface area contributed by atoms with Gasteiger partial charge in [-0.3, -0.25) is 9.59 Å². The van der Waals surface area contributed by atoms with E-state index in [0.29, 0.717) is 31.7 Å². The van der Waals surface area contributed by atoms with Gasteiger partial charge in [-0.05, 0) is 43.0 Å². The number of nitrogens with zero attached hydrogens (tertiary/aromatic N) is 2. The van der Waals surface area contributed by atoms with Crippen molar-refractivity contribution in [1.29, 1.82) is 0 Å². The number of nitrogens with one attached hydrogen (secondary N) is 1. The van der Waals surface area contributed by atoms with E-state index in [9.17, 15) is 18.0 Å². The maximum Gasteiger partial charge on any atom is 0.254 e. The standard InChI is InChI=1S/C23H27N3O4S/c1-17-7-10-20(31(29,30)24-16-18-5-3-2-4-6-18)15-21(17)23(28)26-13-11-25(12-14-26)22(27)19-8-9-19/h2-7,10,15,19,24H,8-9,11-14,16H2,1H3. The first-order valence-electron chi connectivity index (χ1n) is 10.6. The van der Waals surface area contributed by atoms with Crippen molar-refractivity contribution in [3.05, 3.63) is 65.2 Å². The molecule has 4 rings (SSSR count). The largest absolute Gasteiger partial charge is 0.339 e. The average molecular weight is 442 g/mol. The maximum atomic E-state index is 13.1. The number of amides is 2. The fourth-order valence-electron chi connectivity index (χ4n) is 3.74. The first-order chi connectivity index (χ1) is 14.8. The molecular weight excluding hydrogens is 414 g/mol. The second-order valence-electron chi connectivity index (χ2n) is 8.18. The van der Waals surface area contributed by atoms with Crippen molar-refractivity contribution < 1.29 is 18.0 Å². The van der Waals surface area contributed by atoms with Crippen LogP contribution in [-0.4, -0.2) is 56.2 Å². The highest BCUT2D eigenvalue weighted by Crippen LogP contribution is 2.31. The van der Waals surface area contributed by atoms with Gasteiger partial charge in [0.1, 0.15) is 0 Å². The molecule has 1 aliphatic carbocycles. The van der Waals surface area contributed by atoms with E-state index in [1.165, 1.54) is 12.1 Å². The van der Waals surface area contributed by atoms with Crippen LogP contribution in [0.15, 0.2) is 53.4 Å². The predicted molar refractivity (Wildman–Crippen MR) is 117 cm³/mol. The van der Waals surface area contributed by atoms with Crippen LogP contribution >= 0.6 is 0 Å². The number of rotatable bonds is 6. The number of sulfonamides is 1. The molecule has 164 valence electrons. The Morgan fingerprint density at radius 1 is 0.968 bits per heavy atom. The summed E-state index contributed by atoms with van der Waals surface area (Å²) in [6, 6.07) is 13.9. The average Bonchev–Trinajstić information content (AvgIpc) is 3.63. The van der Waals surface area contributed by atoms with Gasteiger partial charge in [-0.2, -0.15) is 0 Å². The summed E-state index contributed by atoms with van der Waals surface area (Å²) in [4.78, 5) is 28.9. The Kier molecular flexibility index (Phi) is 6.11. The Labute approximate surface area is 183 Å². The number of aryl methyl sites for hydroxylation is 1. The van der Waals surface area contributed by atoms with Crippen molar-refractivity contribution in [1.82, 2.24) is 14.5 Å². The van der Waals surface area contributed by atoms with Crippen LogP contribution in [-0.2, 0) is 21.4 Å². The minimum atomic E-state index is -3.76. The maximum absolute atomic E-state index is 13.1. The molecule has 31 heavy (non-hydrogen) atoms. The molecule has 2 aliphatic rings.